The molecule has 0 bridgehead atoms. The molecule has 1 rings (SSSR count). The lowest BCUT2D eigenvalue weighted by Crippen LogP contribution is -2.26. The summed E-state index contributed by atoms with van der Waals surface area (Å²) in [6, 6.07) is 3.46. The van der Waals surface area contributed by atoms with E-state index in [2.05, 4.69) is 4.99 Å². The predicted octanol–water partition coefficient (Wildman–Crippen LogP) is 0.746. The second kappa shape index (κ2) is 4.42. The molecule has 0 aliphatic heterocycles. The predicted molar refractivity (Wildman–Crippen MR) is 45.5 cm³/mol. The normalized spacial score (nSPS) is 11.4. The summed E-state index contributed by atoms with van der Waals surface area (Å²) in [6.07, 6.45) is 1.52. The molecule has 0 atom stereocenters. The number of amidine groups is 1. The van der Waals surface area contributed by atoms with Crippen molar-refractivity contribution in [1.29, 1.82) is 0 Å². The van der Waals surface area contributed by atoms with Crippen LogP contribution in [0.5, 0.6) is 0 Å². The van der Waals surface area contributed by atoms with Gasteiger partial charge in [0.05, 0.1) is 12.8 Å². The Kier molecular flexibility index (Phi) is 3.22. The fourth-order valence-corrected chi connectivity index (χ4v) is 0.785. The Morgan fingerprint density at radius 2 is 2.54 bits per heavy atom. The van der Waals surface area contributed by atoms with Crippen LogP contribution >= 0.6 is 0 Å². The molecule has 0 fully saturated rings. The van der Waals surface area contributed by atoms with Crippen LogP contribution in [0.25, 0.3) is 0 Å². The van der Waals surface area contributed by atoms with Crippen molar-refractivity contribution < 1.29 is 14.4 Å². The van der Waals surface area contributed by atoms with Gasteiger partial charge in [-0.3, -0.25) is 15.0 Å². The minimum Gasteiger partial charge on any atom is -0.467 e. The summed E-state index contributed by atoms with van der Waals surface area (Å²) in [6.45, 7) is 1.54. The molecule has 0 aromatic carbocycles. The Hall–Kier alpha value is -1.62. The average molecular weight is 182 g/mol. The Balaban J connectivity index is 2.60. The summed E-state index contributed by atoms with van der Waals surface area (Å²) < 4.78 is 4.98. The van der Waals surface area contributed by atoms with Crippen molar-refractivity contribution in [3.63, 3.8) is 0 Å². The Morgan fingerprint density at radius 1 is 1.77 bits per heavy atom. The van der Waals surface area contributed by atoms with E-state index in [1.807, 2.05) is 0 Å². The number of furan rings is 1. The van der Waals surface area contributed by atoms with E-state index in [4.69, 9.17) is 9.62 Å². The van der Waals surface area contributed by atoms with E-state index in [-0.39, 0.29) is 18.2 Å². The van der Waals surface area contributed by atoms with Crippen LogP contribution in [-0.4, -0.2) is 16.8 Å². The summed E-state index contributed by atoms with van der Waals surface area (Å²) in [5.41, 5.74) is 1.72. The molecular weight excluding hydrogens is 172 g/mol. The van der Waals surface area contributed by atoms with Crippen molar-refractivity contribution in [1.82, 2.24) is 5.48 Å². The highest BCUT2D eigenvalue weighted by Crippen LogP contribution is 2.01. The lowest BCUT2D eigenvalue weighted by molar-refractivity contribution is -0.111. The van der Waals surface area contributed by atoms with E-state index < -0.39 is 0 Å². The quantitative estimate of drug-likeness (QED) is 0.411. The second-order valence-electron chi connectivity index (χ2n) is 2.41. The van der Waals surface area contributed by atoms with Crippen molar-refractivity contribution in [2.45, 2.75) is 13.5 Å². The van der Waals surface area contributed by atoms with Crippen molar-refractivity contribution >= 4 is 11.6 Å². The fraction of sp³-hybridized carbons (Fsp3) is 0.250. The summed E-state index contributed by atoms with van der Waals surface area (Å²) in [4.78, 5) is 14.5. The average Bonchev–Trinajstić information content (AvgIpc) is 2.57. The maximum absolute atomic E-state index is 10.8. The minimum absolute atomic E-state index is 0.0728. The number of hydrogen-bond acceptors (Lipinski definition) is 4. The van der Waals surface area contributed by atoms with E-state index in [1.165, 1.54) is 13.2 Å². The summed E-state index contributed by atoms with van der Waals surface area (Å²) in [5, 5.41) is 8.49. The number of hydrogen-bond donors (Lipinski definition) is 2. The zero-order valence-electron chi connectivity index (χ0n) is 7.15. The van der Waals surface area contributed by atoms with E-state index in [1.54, 1.807) is 17.6 Å². The molecular formula is C8H10N2O3. The molecule has 0 saturated heterocycles. The van der Waals surface area contributed by atoms with Gasteiger partial charge in [-0.1, -0.05) is 0 Å². The van der Waals surface area contributed by atoms with Gasteiger partial charge in [-0.25, -0.2) is 5.48 Å². The van der Waals surface area contributed by atoms with Crippen molar-refractivity contribution in [2.24, 2.45) is 4.99 Å². The molecule has 1 aromatic heterocycles. The SMILES string of the molecule is CC(=O)C(=NCc1ccco1)NO. The fourth-order valence-electron chi connectivity index (χ4n) is 0.785. The van der Waals surface area contributed by atoms with Crippen LogP contribution in [0.15, 0.2) is 27.8 Å². The smallest absolute Gasteiger partial charge is 0.196 e. The number of hydroxylamine groups is 1. The maximum atomic E-state index is 10.8. The number of nitrogens with one attached hydrogen (secondary N) is 1. The first-order valence-electron chi connectivity index (χ1n) is 3.72. The molecule has 0 unspecified atom stereocenters. The molecule has 0 amide bonds. The lowest BCUT2D eigenvalue weighted by atomic mass is 10.4. The van der Waals surface area contributed by atoms with Crippen LogP contribution in [0.4, 0.5) is 0 Å². The molecule has 13 heavy (non-hydrogen) atoms. The number of carbonyl (C=O) groups excluding carboxylic acids is 1. The topological polar surface area (TPSA) is 74.8 Å². The highest BCUT2D eigenvalue weighted by Gasteiger charge is 2.03. The van der Waals surface area contributed by atoms with E-state index in [9.17, 15) is 4.79 Å². The zero-order chi connectivity index (χ0) is 9.68. The van der Waals surface area contributed by atoms with Crippen LogP contribution in [-0.2, 0) is 11.3 Å². The summed E-state index contributed by atoms with van der Waals surface area (Å²) >= 11 is 0. The standard InChI is InChI=1S/C8H10N2O3/c1-6(11)8(10-12)9-5-7-3-2-4-13-7/h2-4,12H,5H2,1H3,(H,9,10). The monoisotopic (exact) mass is 182 g/mol. The van der Waals surface area contributed by atoms with E-state index in [0.29, 0.717) is 5.76 Å². The lowest BCUT2D eigenvalue weighted by Gasteiger charge is -1.97. The van der Waals surface area contributed by atoms with Gasteiger partial charge < -0.3 is 4.42 Å². The second-order valence-corrected chi connectivity index (χ2v) is 2.41. The van der Waals surface area contributed by atoms with Gasteiger partial charge in [0.25, 0.3) is 0 Å². The Morgan fingerprint density at radius 3 is 3.00 bits per heavy atom. The summed E-state index contributed by atoms with van der Waals surface area (Å²) in [5.74, 6) is 0.236. The van der Waals surface area contributed by atoms with Crippen LogP contribution < -0.4 is 5.48 Å². The van der Waals surface area contributed by atoms with Crippen molar-refractivity contribution in [3.05, 3.63) is 24.2 Å². The minimum atomic E-state index is -0.325. The highest BCUT2D eigenvalue weighted by atomic mass is 16.5. The largest absolute Gasteiger partial charge is 0.467 e. The third kappa shape index (κ3) is 2.72. The molecule has 2 N–H and O–H groups in total. The molecule has 0 spiro atoms. The maximum Gasteiger partial charge on any atom is 0.196 e. The van der Waals surface area contributed by atoms with Gasteiger partial charge in [0, 0.05) is 6.92 Å². The van der Waals surface area contributed by atoms with Gasteiger partial charge in [0.15, 0.2) is 11.6 Å². The number of Topliss-reactive ketones (excluding diaryl/α,β-unsaturated/α-hetero) is 1. The van der Waals surface area contributed by atoms with Crippen LogP contribution in [0, 0.1) is 0 Å². The molecule has 0 aliphatic carbocycles. The number of ketones is 1. The van der Waals surface area contributed by atoms with Crippen LogP contribution in [0.1, 0.15) is 12.7 Å². The van der Waals surface area contributed by atoms with Crippen molar-refractivity contribution in [2.75, 3.05) is 0 Å². The molecule has 5 heteroatoms. The van der Waals surface area contributed by atoms with E-state index >= 15 is 0 Å². The molecule has 0 saturated carbocycles. The Labute approximate surface area is 75.0 Å². The van der Waals surface area contributed by atoms with Crippen LogP contribution in [0.2, 0.25) is 0 Å². The van der Waals surface area contributed by atoms with Crippen molar-refractivity contribution in [3.8, 4) is 0 Å². The van der Waals surface area contributed by atoms with Gasteiger partial charge in [-0.15, -0.1) is 0 Å². The number of carbonyl (C=O) groups is 1. The number of aliphatic imine (C=N–C) groups is 1. The highest BCUT2D eigenvalue weighted by molar-refractivity contribution is 6.37. The third-order valence-corrected chi connectivity index (χ3v) is 1.41. The molecule has 0 aliphatic rings. The molecule has 5 nitrogen and oxygen atoms in total. The van der Waals surface area contributed by atoms with Gasteiger partial charge in [-0.05, 0) is 12.1 Å². The third-order valence-electron chi connectivity index (χ3n) is 1.41. The first-order valence-corrected chi connectivity index (χ1v) is 3.72. The van der Waals surface area contributed by atoms with Gasteiger partial charge >= 0.3 is 0 Å². The molecule has 0 radical (unpaired) electrons. The van der Waals surface area contributed by atoms with Crippen LogP contribution in [0.3, 0.4) is 0 Å². The van der Waals surface area contributed by atoms with Gasteiger partial charge in [-0.2, -0.15) is 0 Å². The Bertz CT molecular complexity index is 303. The molecule has 70 valence electrons. The zero-order valence-corrected chi connectivity index (χ0v) is 7.15. The number of nitrogens with zero attached hydrogens (tertiary/aromatic N) is 1. The van der Waals surface area contributed by atoms with Gasteiger partial charge in [0.1, 0.15) is 5.76 Å². The first kappa shape index (κ1) is 9.47. The molecule has 1 aromatic rings. The van der Waals surface area contributed by atoms with E-state index in [0.717, 1.165) is 0 Å². The number of rotatable bonds is 3. The first-order chi connectivity index (χ1) is 6.24. The molecule has 1 heterocycles. The summed E-state index contributed by atoms with van der Waals surface area (Å²) in [7, 11) is 0. The van der Waals surface area contributed by atoms with Gasteiger partial charge in [0.2, 0.25) is 0 Å².